The minimum Gasteiger partial charge on any atom is -0.482 e. The van der Waals surface area contributed by atoms with Crippen LogP contribution < -0.4 is 20.9 Å². The van der Waals surface area contributed by atoms with Crippen molar-refractivity contribution in [3.8, 4) is 5.75 Å². The van der Waals surface area contributed by atoms with Gasteiger partial charge in [0, 0.05) is 30.8 Å². The monoisotopic (exact) mass is 489 g/mol. The fourth-order valence-electron chi connectivity index (χ4n) is 3.59. The fourth-order valence-corrected chi connectivity index (χ4v) is 5.50. The summed E-state index contributed by atoms with van der Waals surface area (Å²) < 4.78 is 18.8. The number of benzene rings is 1. The molecule has 0 bridgehead atoms. The molecule has 0 saturated carbocycles. The molecule has 0 radical (unpaired) electrons. The summed E-state index contributed by atoms with van der Waals surface area (Å²) in [7, 11) is -1.12. The zero-order valence-electron chi connectivity index (χ0n) is 18.3. The predicted octanol–water partition coefficient (Wildman–Crippen LogP) is 1.88. The maximum absolute atomic E-state index is 12.6. The Balaban J connectivity index is 0.00000126. The SMILES string of the molecule is CC.CS(=O)N1Cc2sc3nc(C(=O)NCc4ccc5c(c4)NC(=O)CO5)[nH]c(=O)c3c2C1. The number of nitrogens with zero attached hydrogens (tertiary/aromatic N) is 2. The van der Waals surface area contributed by atoms with Gasteiger partial charge < -0.3 is 20.4 Å². The Morgan fingerprint density at radius 2 is 2.09 bits per heavy atom. The van der Waals surface area contributed by atoms with Gasteiger partial charge in [-0.15, -0.1) is 11.3 Å². The highest BCUT2D eigenvalue weighted by Crippen LogP contribution is 2.35. The Morgan fingerprint density at radius 1 is 1.30 bits per heavy atom. The predicted molar refractivity (Wildman–Crippen MR) is 127 cm³/mol. The number of anilines is 1. The quantitative estimate of drug-likeness (QED) is 0.512. The molecule has 10 nitrogen and oxygen atoms in total. The number of thiophene rings is 1. The van der Waals surface area contributed by atoms with E-state index >= 15 is 0 Å². The lowest BCUT2D eigenvalue weighted by atomic mass is 10.1. The van der Waals surface area contributed by atoms with Gasteiger partial charge in [0.15, 0.2) is 6.61 Å². The summed E-state index contributed by atoms with van der Waals surface area (Å²) in [5.41, 5.74) is 1.74. The Hall–Kier alpha value is -3.09. The molecule has 0 saturated heterocycles. The average molecular weight is 490 g/mol. The normalized spacial score (nSPS) is 15.5. The smallest absolute Gasteiger partial charge is 0.287 e. The molecule has 3 N–H and O–H groups in total. The second kappa shape index (κ2) is 9.41. The second-order valence-corrected chi connectivity index (χ2v) is 9.62. The van der Waals surface area contributed by atoms with Crippen LogP contribution in [-0.2, 0) is 35.4 Å². The molecular formula is C21H23N5O5S2. The van der Waals surface area contributed by atoms with Gasteiger partial charge in [0.1, 0.15) is 10.6 Å². The molecule has 5 rings (SSSR count). The van der Waals surface area contributed by atoms with Crippen LogP contribution in [0.1, 0.15) is 40.5 Å². The standard InChI is InChI=1S/C19H17N5O5S2.C2H6/c1-31(28)24-6-10-13(7-24)30-19-15(10)17(26)22-16(23-19)18(27)20-5-9-2-3-12-11(4-9)21-14(25)8-29-12;1-2/h2-4H,5-8H2,1H3,(H,20,27)(H,21,25)(H,22,23,26);1-2H3. The molecule has 12 heteroatoms. The van der Waals surface area contributed by atoms with Gasteiger partial charge in [-0.1, -0.05) is 19.9 Å². The Labute approximate surface area is 195 Å². The number of H-pyrrole nitrogens is 1. The summed E-state index contributed by atoms with van der Waals surface area (Å²) in [6.45, 7) is 5.08. The third kappa shape index (κ3) is 4.54. The first-order valence-electron chi connectivity index (χ1n) is 10.4. The summed E-state index contributed by atoms with van der Waals surface area (Å²) >= 11 is 1.34. The Kier molecular flexibility index (Phi) is 6.58. The first-order valence-corrected chi connectivity index (χ1v) is 12.7. The molecule has 33 heavy (non-hydrogen) atoms. The summed E-state index contributed by atoms with van der Waals surface area (Å²) in [6, 6.07) is 5.23. The highest BCUT2D eigenvalue weighted by molar-refractivity contribution is 7.81. The average Bonchev–Trinajstić information content (AvgIpc) is 3.36. The third-order valence-corrected chi connectivity index (χ3v) is 7.20. The van der Waals surface area contributed by atoms with Crippen molar-refractivity contribution in [1.82, 2.24) is 19.6 Å². The van der Waals surface area contributed by atoms with Crippen LogP contribution >= 0.6 is 11.3 Å². The Bertz CT molecular complexity index is 1330. The van der Waals surface area contributed by atoms with Crippen LogP contribution in [0.5, 0.6) is 5.75 Å². The topological polar surface area (TPSA) is 133 Å². The highest BCUT2D eigenvalue weighted by atomic mass is 32.2. The number of hydrogen-bond donors (Lipinski definition) is 3. The van der Waals surface area contributed by atoms with Crippen LogP contribution in [0.4, 0.5) is 5.69 Å². The van der Waals surface area contributed by atoms with Gasteiger partial charge in [-0.2, -0.15) is 0 Å². The molecule has 2 amide bonds. The summed E-state index contributed by atoms with van der Waals surface area (Å²) in [5, 5.41) is 5.90. The molecule has 174 valence electrons. The zero-order valence-corrected chi connectivity index (χ0v) is 19.9. The highest BCUT2D eigenvalue weighted by Gasteiger charge is 2.28. The molecule has 1 unspecified atom stereocenters. The van der Waals surface area contributed by atoms with Crippen LogP contribution in [0.15, 0.2) is 23.0 Å². The summed E-state index contributed by atoms with van der Waals surface area (Å²) in [6.07, 6.45) is 1.60. The van der Waals surface area contributed by atoms with Crippen LogP contribution in [0, 0.1) is 0 Å². The van der Waals surface area contributed by atoms with Crippen molar-refractivity contribution in [2.75, 3.05) is 18.2 Å². The number of carbonyl (C=O) groups is 2. The zero-order chi connectivity index (χ0) is 23.7. The summed E-state index contributed by atoms with van der Waals surface area (Å²) in [4.78, 5) is 45.0. The van der Waals surface area contributed by atoms with Gasteiger partial charge in [-0.05, 0) is 23.3 Å². The summed E-state index contributed by atoms with van der Waals surface area (Å²) in [5.74, 6) is -0.243. The van der Waals surface area contributed by atoms with Gasteiger partial charge in [0.2, 0.25) is 5.82 Å². The number of hydrogen-bond acceptors (Lipinski definition) is 7. The van der Waals surface area contributed by atoms with Crippen molar-refractivity contribution in [3.05, 3.63) is 50.4 Å². The Morgan fingerprint density at radius 3 is 2.85 bits per heavy atom. The van der Waals surface area contributed by atoms with E-state index in [1.165, 1.54) is 11.3 Å². The van der Waals surface area contributed by atoms with Gasteiger partial charge in [0.05, 0.1) is 22.1 Å². The van der Waals surface area contributed by atoms with Crippen LogP contribution in [0.2, 0.25) is 0 Å². The van der Waals surface area contributed by atoms with E-state index in [-0.39, 0.29) is 30.4 Å². The van der Waals surface area contributed by atoms with Gasteiger partial charge in [0.25, 0.3) is 17.4 Å². The van der Waals surface area contributed by atoms with Crippen molar-refractivity contribution in [2.24, 2.45) is 0 Å². The van der Waals surface area contributed by atoms with Gasteiger partial charge in [-0.25, -0.2) is 13.5 Å². The van der Waals surface area contributed by atoms with Crippen molar-refractivity contribution >= 4 is 50.0 Å². The van der Waals surface area contributed by atoms with Crippen molar-refractivity contribution in [2.45, 2.75) is 33.5 Å². The van der Waals surface area contributed by atoms with E-state index in [1.807, 2.05) is 13.8 Å². The first-order chi connectivity index (χ1) is 15.9. The number of aromatic amines is 1. The number of aromatic nitrogens is 2. The van der Waals surface area contributed by atoms with Crippen LogP contribution in [0.25, 0.3) is 10.2 Å². The molecule has 2 aromatic heterocycles. The third-order valence-electron chi connectivity index (χ3n) is 5.11. The van der Waals surface area contributed by atoms with Gasteiger partial charge in [-0.3, -0.25) is 14.4 Å². The molecule has 1 aromatic carbocycles. The number of carbonyl (C=O) groups excluding carboxylic acids is 2. The molecule has 1 atom stereocenters. The number of rotatable bonds is 4. The molecule has 2 aliphatic heterocycles. The maximum Gasteiger partial charge on any atom is 0.287 e. The maximum atomic E-state index is 12.6. The van der Waals surface area contributed by atoms with E-state index < -0.39 is 16.9 Å². The fraction of sp³-hybridized carbons (Fsp3) is 0.333. The van der Waals surface area contributed by atoms with E-state index in [9.17, 15) is 18.6 Å². The molecule has 3 aromatic rings. The number of fused-ring (bicyclic) bond motifs is 4. The molecule has 0 spiro atoms. The molecular weight excluding hydrogens is 466 g/mol. The second-order valence-electron chi connectivity index (χ2n) is 7.17. The van der Waals surface area contributed by atoms with E-state index in [4.69, 9.17) is 4.74 Å². The minimum atomic E-state index is -1.12. The van der Waals surface area contributed by atoms with Crippen molar-refractivity contribution < 1.29 is 18.5 Å². The molecule has 2 aliphatic rings. The van der Waals surface area contributed by atoms with Crippen LogP contribution in [0.3, 0.4) is 0 Å². The van der Waals surface area contributed by atoms with E-state index in [1.54, 1.807) is 28.8 Å². The molecule has 0 fully saturated rings. The first kappa shape index (κ1) is 23.1. The molecule has 4 heterocycles. The molecule has 0 aliphatic carbocycles. The lowest BCUT2D eigenvalue weighted by Gasteiger charge is -2.18. The van der Waals surface area contributed by atoms with Gasteiger partial charge >= 0.3 is 0 Å². The van der Waals surface area contributed by atoms with Crippen LogP contribution in [-0.4, -0.2) is 43.2 Å². The number of ether oxygens (including phenoxy) is 1. The van der Waals surface area contributed by atoms with E-state index in [0.717, 1.165) is 16.0 Å². The lowest BCUT2D eigenvalue weighted by Crippen LogP contribution is -2.28. The lowest BCUT2D eigenvalue weighted by molar-refractivity contribution is -0.118. The minimum absolute atomic E-state index is 0.0227. The largest absolute Gasteiger partial charge is 0.482 e. The van der Waals surface area contributed by atoms with E-state index in [2.05, 4.69) is 20.6 Å². The number of amides is 2. The van der Waals surface area contributed by atoms with Crippen molar-refractivity contribution in [3.63, 3.8) is 0 Å². The number of nitrogens with one attached hydrogen (secondary N) is 3. The van der Waals surface area contributed by atoms with E-state index in [0.29, 0.717) is 34.7 Å². The van der Waals surface area contributed by atoms with Crippen molar-refractivity contribution in [1.29, 1.82) is 0 Å².